The summed E-state index contributed by atoms with van der Waals surface area (Å²) in [6, 6.07) is 67.2. The Morgan fingerprint density at radius 1 is 0.357 bits per heavy atom. The predicted octanol–water partition coefficient (Wildman–Crippen LogP) is 13.2. The Balaban J connectivity index is 1.20. The molecule has 5 heteroatoms. The van der Waals surface area contributed by atoms with Gasteiger partial charge >= 0.3 is 0 Å². The van der Waals surface area contributed by atoms with Crippen LogP contribution in [0.4, 0.5) is 0 Å². The van der Waals surface area contributed by atoms with Gasteiger partial charge in [0.25, 0.3) is 0 Å². The molecule has 0 unspecified atom stereocenters. The number of furan rings is 1. The minimum Gasteiger partial charge on any atom is -0.455 e. The summed E-state index contributed by atoms with van der Waals surface area (Å²) in [7, 11) is 0. The number of hydrogen-bond donors (Lipinski definition) is 0. The van der Waals surface area contributed by atoms with Gasteiger partial charge in [0.05, 0.1) is 22.1 Å². The quantitative estimate of drug-likeness (QED) is 0.172. The van der Waals surface area contributed by atoms with Crippen LogP contribution in [-0.4, -0.2) is 19.5 Å². The molecule has 0 fully saturated rings. The predicted molar refractivity (Wildman–Crippen MR) is 229 cm³/mol. The van der Waals surface area contributed by atoms with Gasteiger partial charge in [-0.1, -0.05) is 170 Å². The van der Waals surface area contributed by atoms with Crippen molar-refractivity contribution in [3.05, 3.63) is 194 Å². The lowest BCUT2D eigenvalue weighted by molar-refractivity contribution is 0.670. The van der Waals surface area contributed by atoms with Crippen molar-refractivity contribution in [2.24, 2.45) is 0 Å². The fraction of sp³-hybridized carbons (Fsp3) is 0. The highest BCUT2D eigenvalue weighted by molar-refractivity contribution is 6.18. The molecule has 11 rings (SSSR count). The van der Waals surface area contributed by atoms with Gasteiger partial charge in [0.1, 0.15) is 11.2 Å². The van der Waals surface area contributed by atoms with Crippen LogP contribution in [0.2, 0.25) is 0 Å². The maximum atomic E-state index is 6.89. The molecule has 0 bridgehead atoms. The van der Waals surface area contributed by atoms with Gasteiger partial charge in [0.15, 0.2) is 17.5 Å². The first-order valence-corrected chi connectivity index (χ1v) is 18.8. The van der Waals surface area contributed by atoms with Gasteiger partial charge in [0.2, 0.25) is 0 Å². The fourth-order valence-corrected chi connectivity index (χ4v) is 8.19. The lowest BCUT2D eigenvalue weighted by Gasteiger charge is -2.13. The van der Waals surface area contributed by atoms with Gasteiger partial charge in [-0.25, -0.2) is 15.0 Å². The van der Waals surface area contributed by atoms with Crippen LogP contribution in [0.1, 0.15) is 0 Å². The Morgan fingerprint density at radius 3 is 1.59 bits per heavy atom. The molecule has 0 aliphatic heterocycles. The molecule has 0 N–H and O–H groups in total. The third-order valence-corrected chi connectivity index (χ3v) is 10.7. The second kappa shape index (κ2) is 13.0. The molecule has 56 heavy (non-hydrogen) atoms. The third-order valence-electron chi connectivity index (χ3n) is 10.7. The van der Waals surface area contributed by atoms with Gasteiger partial charge in [-0.05, 0) is 41.0 Å². The summed E-state index contributed by atoms with van der Waals surface area (Å²) in [5, 5.41) is 4.36. The number of hydrogen-bond acceptors (Lipinski definition) is 4. The van der Waals surface area contributed by atoms with Gasteiger partial charge in [-0.3, -0.25) is 0 Å². The molecule has 11 aromatic rings. The van der Waals surface area contributed by atoms with E-state index in [4.69, 9.17) is 19.4 Å². The lowest BCUT2D eigenvalue weighted by atomic mass is 9.93. The summed E-state index contributed by atoms with van der Waals surface area (Å²) in [5.74, 6) is 1.86. The van der Waals surface area contributed by atoms with E-state index < -0.39 is 0 Å². The van der Waals surface area contributed by atoms with Crippen LogP contribution in [0.25, 0.3) is 106 Å². The molecule has 0 saturated carbocycles. The molecule has 5 nitrogen and oxygen atoms in total. The maximum Gasteiger partial charge on any atom is 0.166 e. The van der Waals surface area contributed by atoms with Crippen molar-refractivity contribution in [2.75, 3.05) is 0 Å². The summed E-state index contributed by atoms with van der Waals surface area (Å²) >= 11 is 0. The molecule has 0 radical (unpaired) electrons. The smallest absolute Gasteiger partial charge is 0.166 e. The number of para-hydroxylation sites is 3. The molecule has 0 aliphatic rings. The van der Waals surface area contributed by atoms with E-state index in [1.165, 1.54) is 5.56 Å². The summed E-state index contributed by atoms with van der Waals surface area (Å²) in [6.07, 6.45) is 0. The highest BCUT2D eigenvalue weighted by Crippen LogP contribution is 2.44. The van der Waals surface area contributed by atoms with Crippen LogP contribution in [0.5, 0.6) is 0 Å². The Bertz CT molecular complexity index is 3180. The molecular weight excluding hydrogens is 685 g/mol. The Morgan fingerprint density at radius 2 is 0.875 bits per heavy atom. The van der Waals surface area contributed by atoms with Gasteiger partial charge in [0, 0.05) is 38.4 Å². The molecule has 0 aliphatic carbocycles. The first-order valence-electron chi connectivity index (χ1n) is 18.8. The fourth-order valence-electron chi connectivity index (χ4n) is 8.19. The molecule has 0 saturated heterocycles. The SMILES string of the molecule is c1ccc(-c2nc(-c3ccccc3)nc(-c3cccc4c5ccccc5n(-c5cccc6oc7c(-c8ccccc8-c8ccccc8)cccc7c56)c34)n2)cc1. The van der Waals surface area contributed by atoms with E-state index in [1.807, 2.05) is 60.7 Å². The van der Waals surface area contributed by atoms with Crippen LogP contribution in [0.15, 0.2) is 199 Å². The van der Waals surface area contributed by atoms with E-state index in [0.717, 1.165) is 82.8 Å². The Labute approximate surface area is 322 Å². The monoisotopic (exact) mass is 716 g/mol. The zero-order valence-corrected chi connectivity index (χ0v) is 30.2. The maximum absolute atomic E-state index is 6.89. The average molecular weight is 717 g/mol. The summed E-state index contributed by atoms with van der Waals surface area (Å²) in [6.45, 7) is 0. The Kier molecular flexibility index (Phi) is 7.42. The van der Waals surface area contributed by atoms with E-state index in [1.54, 1.807) is 0 Å². The first-order chi connectivity index (χ1) is 27.8. The number of aromatic nitrogens is 4. The van der Waals surface area contributed by atoms with Crippen molar-refractivity contribution < 1.29 is 4.42 Å². The van der Waals surface area contributed by atoms with E-state index in [2.05, 4.69) is 138 Å². The average Bonchev–Trinajstić information content (AvgIpc) is 3.84. The zero-order chi connectivity index (χ0) is 37.0. The Hall–Kier alpha value is -7.63. The number of benzene rings is 8. The molecule has 0 amide bonds. The van der Waals surface area contributed by atoms with Gasteiger partial charge < -0.3 is 8.98 Å². The largest absolute Gasteiger partial charge is 0.455 e. The molecule has 3 aromatic heterocycles. The number of rotatable bonds is 6. The van der Waals surface area contributed by atoms with Crippen LogP contribution < -0.4 is 0 Å². The molecule has 262 valence electrons. The molecular formula is C51H32N4O. The van der Waals surface area contributed by atoms with Crippen LogP contribution in [-0.2, 0) is 0 Å². The van der Waals surface area contributed by atoms with Crippen LogP contribution in [0.3, 0.4) is 0 Å². The zero-order valence-electron chi connectivity index (χ0n) is 30.2. The minimum atomic E-state index is 0.608. The normalized spacial score (nSPS) is 11.6. The highest BCUT2D eigenvalue weighted by atomic mass is 16.3. The van der Waals surface area contributed by atoms with Crippen LogP contribution in [0, 0.1) is 0 Å². The highest BCUT2D eigenvalue weighted by Gasteiger charge is 2.23. The van der Waals surface area contributed by atoms with E-state index >= 15 is 0 Å². The number of nitrogens with zero attached hydrogens (tertiary/aromatic N) is 4. The lowest BCUT2D eigenvalue weighted by Crippen LogP contribution is -2.02. The first kappa shape index (κ1) is 31.9. The minimum absolute atomic E-state index is 0.608. The summed E-state index contributed by atoms with van der Waals surface area (Å²) in [4.78, 5) is 15.4. The van der Waals surface area contributed by atoms with Crippen molar-refractivity contribution in [3.8, 4) is 62.1 Å². The second-order valence-corrected chi connectivity index (χ2v) is 13.9. The molecule has 8 aromatic carbocycles. The van der Waals surface area contributed by atoms with E-state index in [-0.39, 0.29) is 0 Å². The molecule has 3 heterocycles. The van der Waals surface area contributed by atoms with Crippen molar-refractivity contribution in [3.63, 3.8) is 0 Å². The molecule has 0 spiro atoms. The second-order valence-electron chi connectivity index (χ2n) is 13.9. The third kappa shape index (κ3) is 5.13. The summed E-state index contributed by atoms with van der Waals surface area (Å²) in [5.41, 5.74) is 12.1. The number of fused-ring (bicyclic) bond motifs is 6. The topological polar surface area (TPSA) is 56.7 Å². The van der Waals surface area contributed by atoms with Crippen molar-refractivity contribution in [1.29, 1.82) is 0 Å². The van der Waals surface area contributed by atoms with Crippen molar-refractivity contribution >= 4 is 43.7 Å². The van der Waals surface area contributed by atoms with E-state index in [0.29, 0.717) is 17.5 Å². The van der Waals surface area contributed by atoms with Gasteiger partial charge in [-0.15, -0.1) is 0 Å². The van der Waals surface area contributed by atoms with Crippen LogP contribution >= 0.6 is 0 Å². The van der Waals surface area contributed by atoms with Gasteiger partial charge in [-0.2, -0.15) is 0 Å². The standard InChI is InChI=1S/C51H32N4O/c1-4-17-33(18-5-1)36-23-10-11-24-37(36)40-27-15-28-41-46-44(31-16-32-45(46)56-48(40)41)55-43-30-13-12-25-38(43)39-26-14-29-42(47(39)55)51-53-49(34-19-6-2-7-20-34)52-50(54-51)35-21-8-3-9-22-35/h1-32H. The summed E-state index contributed by atoms with van der Waals surface area (Å²) < 4.78 is 9.26. The van der Waals surface area contributed by atoms with Crippen molar-refractivity contribution in [1.82, 2.24) is 19.5 Å². The van der Waals surface area contributed by atoms with E-state index in [9.17, 15) is 0 Å². The van der Waals surface area contributed by atoms with Crippen molar-refractivity contribution in [2.45, 2.75) is 0 Å². The molecule has 0 atom stereocenters.